The molecule has 0 spiro atoms. The molecule has 0 atom stereocenters. The molecule has 7 nitrogen and oxygen atoms in total. The molecule has 1 saturated heterocycles. The number of aromatic nitrogens is 1. The molecular weight excluding hydrogens is 441 g/mol. The third kappa shape index (κ3) is 6.98. The van der Waals surface area contributed by atoms with Crippen LogP contribution in [-0.4, -0.2) is 62.7 Å². The zero-order valence-electron chi connectivity index (χ0n) is 14.3. The summed E-state index contributed by atoms with van der Waals surface area (Å²) in [6, 6.07) is 4.02. The minimum Gasteiger partial charge on any atom is -0.356 e. The molecule has 0 amide bonds. The average molecular weight is 469 g/mol. The van der Waals surface area contributed by atoms with Crippen LogP contribution in [0.1, 0.15) is 12.8 Å². The van der Waals surface area contributed by atoms with Crippen LogP contribution in [0.2, 0.25) is 0 Å². The lowest BCUT2D eigenvalue weighted by molar-refractivity contribution is 0.275. The summed E-state index contributed by atoms with van der Waals surface area (Å²) in [6.07, 6.45) is 7.13. The number of piperidine rings is 1. The van der Waals surface area contributed by atoms with Gasteiger partial charge in [0.05, 0.1) is 6.26 Å². The largest absolute Gasteiger partial charge is 0.356 e. The fourth-order valence-electron chi connectivity index (χ4n) is 2.73. The summed E-state index contributed by atoms with van der Waals surface area (Å²) < 4.78 is 26.7. The minimum atomic E-state index is -3.04. The van der Waals surface area contributed by atoms with Crippen LogP contribution >= 0.6 is 24.0 Å². The molecule has 138 valence electrons. The Kier molecular flexibility index (Phi) is 9.06. The molecule has 1 aliphatic heterocycles. The first-order chi connectivity index (χ1) is 11.0. The number of nitrogens with one attached hydrogen (secondary N) is 2. The van der Waals surface area contributed by atoms with Crippen LogP contribution in [0.15, 0.2) is 29.5 Å². The normalized spacial score (nSPS) is 17.3. The van der Waals surface area contributed by atoms with Crippen molar-refractivity contribution in [2.24, 2.45) is 10.9 Å². The summed E-state index contributed by atoms with van der Waals surface area (Å²) in [4.78, 5) is 4.22. The number of guanidine groups is 1. The molecule has 9 heteroatoms. The Morgan fingerprint density at radius 3 is 2.38 bits per heavy atom. The molecule has 1 aromatic rings. The first-order valence-electron chi connectivity index (χ1n) is 7.99. The molecule has 0 aromatic carbocycles. The van der Waals surface area contributed by atoms with Gasteiger partial charge >= 0.3 is 0 Å². The fraction of sp³-hybridized carbons (Fsp3) is 0.667. The lowest BCUT2D eigenvalue weighted by atomic mass is 9.98. The first kappa shape index (κ1) is 21.2. The van der Waals surface area contributed by atoms with Crippen LogP contribution in [0, 0.1) is 5.92 Å². The first-order valence-corrected chi connectivity index (χ1v) is 9.84. The zero-order valence-corrected chi connectivity index (χ0v) is 17.5. The van der Waals surface area contributed by atoms with E-state index >= 15 is 0 Å². The van der Waals surface area contributed by atoms with Crippen molar-refractivity contribution in [2.75, 3.05) is 39.5 Å². The minimum absolute atomic E-state index is 0. The number of rotatable bonds is 6. The van der Waals surface area contributed by atoms with Crippen LogP contribution in [0.5, 0.6) is 0 Å². The van der Waals surface area contributed by atoms with Gasteiger partial charge in [-0.05, 0) is 30.9 Å². The zero-order chi connectivity index (χ0) is 16.7. The van der Waals surface area contributed by atoms with E-state index in [0.29, 0.717) is 19.0 Å². The van der Waals surface area contributed by atoms with E-state index in [9.17, 15) is 8.42 Å². The fourth-order valence-corrected chi connectivity index (χ4v) is 3.60. The molecule has 1 aromatic heterocycles. The van der Waals surface area contributed by atoms with Crippen molar-refractivity contribution in [1.29, 1.82) is 0 Å². The Hall–Kier alpha value is -0.810. The van der Waals surface area contributed by atoms with Crippen LogP contribution in [0.4, 0.5) is 0 Å². The van der Waals surface area contributed by atoms with Gasteiger partial charge in [0, 0.05) is 52.2 Å². The van der Waals surface area contributed by atoms with E-state index in [1.54, 1.807) is 11.4 Å². The quantitative estimate of drug-likeness (QED) is 0.370. The molecular formula is C15H28IN5O2S. The van der Waals surface area contributed by atoms with E-state index in [1.165, 1.54) is 6.26 Å². The second-order valence-electron chi connectivity index (χ2n) is 5.91. The van der Waals surface area contributed by atoms with E-state index < -0.39 is 10.0 Å². The Labute approximate surface area is 162 Å². The second kappa shape index (κ2) is 10.2. The maximum absolute atomic E-state index is 11.5. The molecule has 0 unspecified atom stereocenters. The molecule has 0 bridgehead atoms. The molecule has 1 aliphatic rings. The maximum Gasteiger partial charge on any atom is 0.211 e. The number of sulfonamides is 1. The van der Waals surface area contributed by atoms with Crippen LogP contribution < -0.4 is 10.6 Å². The molecule has 0 aliphatic carbocycles. The van der Waals surface area contributed by atoms with Gasteiger partial charge in [0.2, 0.25) is 10.0 Å². The summed E-state index contributed by atoms with van der Waals surface area (Å²) in [5.74, 6) is 1.28. The Balaban J connectivity index is 0.00000288. The van der Waals surface area contributed by atoms with E-state index in [-0.39, 0.29) is 24.0 Å². The van der Waals surface area contributed by atoms with Gasteiger partial charge in [0.1, 0.15) is 0 Å². The number of aliphatic imine (C=N–C) groups is 1. The van der Waals surface area contributed by atoms with E-state index in [2.05, 4.69) is 20.2 Å². The van der Waals surface area contributed by atoms with Gasteiger partial charge in [0.25, 0.3) is 0 Å². The Bertz CT molecular complexity index is 595. The summed E-state index contributed by atoms with van der Waals surface area (Å²) in [7, 11) is -1.28. The average Bonchev–Trinajstić information content (AvgIpc) is 3.03. The van der Waals surface area contributed by atoms with Crippen molar-refractivity contribution in [3.8, 4) is 0 Å². The SMILES string of the molecule is CN=C(NCCn1cccc1)NCC1CCN(S(C)(=O)=O)CC1.I. The van der Waals surface area contributed by atoms with Gasteiger partial charge in [0.15, 0.2) is 5.96 Å². The van der Waals surface area contributed by atoms with E-state index in [0.717, 1.165) is 38.4 Å². The van der Waals surface area contributed by atoms with Crippen LogP contribution in [-0.2, 0) is 16.6 Å². The van der Waals surface area contributed by atoms with E-state index in [1.807, 2.05) is 24.5 Å². The molecule has 2 heterocycles. The third-order valence-corrected chi connectivity index (χ3v) is 5.46. The highest BCUT2D eigenvalue weighted by atomic mass is 127. The molecule has 1 fully saturated rings. The van der Waals surface area contributed by atoms with Crippen molar-refractivity contribution in [3.63, 3.8) is 0 Å². The van der Waals surface area contributed by atoms with Crippen LogP contribution in [0.3, 0.4) is 0 Å². The van der Waals surface area contributed by atoms with Crippen molar-refractivity contribution in [1.82, 2.24) is 19.5 Å². The topological polar surface area (TPSA) is 78.7 Å². The molecule has 2 N–H and O–H groups in total. The standard InChI is InChI=1S/C15H27N5O2S.HI/c1-16-15(17-7-12-19-8-3-4-9-19)18-13-14-5-10-20(11-6-14)23(2,21)22;/h3-4,8-9,14H,5-7,10-13H2,1-2H3,(H2,16,17,18);1H. The highest BCUT2D eigenvalue weighted by molar-refractivity contribution is 14.0. The van der Waals surface area contributed by atoms with Crippen molar-refractivity contribution < 1.29 is 8.42 Å². The molecule has 0 saturated carbocycles. The van der Waals surface area contributed by atoms with Gasteiger partial charge in [-0.1, -0.05) is 0 Å². The summed E-state index contributed by atoms with van der Waals surface area (Å²) in [5.41, 5.74) is 0. The predicted octanol–water partition coefficient (Wildman–Crippen LogP) is 0.943. The summed E-state index contributed by atoms with van der Waals surface area (Å²) >= 11 is 0. The van der Waals surface area contributed by atoms with Crippen molar-refractivity contribution in [2.45, 2.75) is 19.4 Å². The van der Waals surface area contributed by atoms with Crippen molar-refractivity contribution in [3.05, 3.63) is 24.5 Å². The summed E-state index contributed by atoms with van der Waals surface area (Å²) in [6.45, 7) is 3.75. The van der Waals surface area contributed by atoms with Gasteiger partial charge in [-0.25, -0.2) is 12.7 Å². The highest BCUT2D eigenvalue weighted by Crippen LogP contribution is 2.18. The monoisotopic (exact) mass is 469 g/mol. The lowest BCUT2D eigenvalue weighted by Crippen LogP contribution is -2.44. The van der Waals surface area contributed by atoms with Gasteiger partial charge < -0.3 is 15.2 Å². The summed E-state index contributed by atoms with van der Waals surface area (Å²) in [5, 5.41) is 6.63. The van der Waals surface area contributed by atoms with Gasteiger partial charge in [-0.15, -0.1) is 24.0 Å². The highest BCUT2D eigenvalue weighted by Gasteiger charge is 2.24. The number of nitrogens with zero attached hydrogens (tertiary/aromatic N) is 3. The number of halogens is 1. The van der Waals surface area contributed by atoms with Gasteiger partial charge in [-0.2, -0.15) is 0 Å². The smallest absolute Gasteiger partial charge is 0.211 e. The molecule has 2 rings (SSSR count). The lowest BCUT2D eigenvalue weighted by Gasteiger charge is -2.30. The number of hydrogen-bond donors (Lipinski definition) is 2. The molecule has 24 heavy (non-hydrogen) atoms. The third-order valence-electron chi connectivity index (χ3n) is 4.15. The number of hydrogen-bond acceptors (Lipinski definition) is 3. The maximum atomic E-state index is 11.5. The van der Waals surface area contributed by atoms with Gasteiger partial charge in [-0.3, -0.25) is 4.99 Å². The Morgan fingerprint density at radius 2 is 1.83 bits per heavy atom. The predicted molar refractivity (Wildman–Crippen MR) is 108 cm³/mol. The molecule has 0 radical (unpaired) electrons. The van der Waals surface area contributed by atoms with Crippen molar-refractivity contribution >= 4 is 40.0 Å². The van der Waals surface area contributed by atoms with Crippen LogP contribution in [0.25, 0.3) is 0 Å². The Morgan fingerprint density at radius 1 is 1.21 bits per heavy atom. The second-order valence-corrected chi connectivity index (χ2v) is 7.89. The van der Waals surface area contributed by atoms with E-state index in [4.69, 9.17) is 0 Å².